The number of carbonyl (C=O) groups excluding carboxylic acids is 1. The summed E-state index contributed by atoms with van der Waals surface area (Å²) in [6.07, 6.45) is 3.09. The van der Waals surface area contributed by atoms with Crippen molar-refractivity contribution in [2.24, 2.45) is 10.2 Å². The summed E-state index contributed by atoms with van der Waals surface area (Å²) in [5.41, 5.74) is 0. The number of halogens is 2. The molecule has 0 bridgehead atoms. The van der Waals surface area contributed by atoms with Crippen LogP contribution in [0.3, 0.4) is 0 Å². The van der Waals surface area contributed by atoms with Crippen molar-refractivity contribution in [1.29, 1.82) is 0 Å². The molecular formula is C14H26F2N4O2S. The Morgan fingerprint density at radius 2 is 1.83 bits per heavy atom. The highest BCUT2D eigenvalue weighted by Crippen LogP contribution is 2.19. The number of nitrogens with zero attached hydrogens (tertiary/aromatic N) is 4. The predicted octanol–water partition coefficient (Wildman–Crippen LogP) is 5.29. The summed E-state index contributed by atoms with van der Waals surface area (Å²) in [6.45, 7) is 8.76. The maximum atomic E-state index is 11.5. The van der Waals surface area contributed by atoms with Gasteiger partial charge in [0.1, 0.15) is 0 Å². The van der Waals surface area contributed by atoms with Crippen molar-refractivity contribution in [3.63, 3.8) is 0 Å². The highest BCUT2D eigenvalue weighted by Gasteiger charge is 2.13. The van der Waals surface area contributed by atoms with Gasteiger partial charge < -0.3 is 4.74 Å². The minimum atomic E-state index is -1.75. The Bertz CT molecular complexity index is 427. The molecule has 0 saturated heterocycles. The van der Waals surface area contributed by atoms with E-state index in [1.807, 2.05) is 20.8 Å². The molecule has 0 aromatic carbocycles. The Kier molecular flexibility index (Phi) is 17.4. The van der Waals surface area contributed by atoms with Crippen molar-refractivity contribution < 1.29 is 18.3 Å². The monoisotopic (exact) mass is 352 g/mol. The summed E-state index contributed by atoms with van der Waals surface area (Å²) in [7, 11) is 0. The normalized spacial score (nSPS) is 9.91. The van der Waals surface area contributed by atoms with Crippen molar-refractivity contribution in [2.45, 2.75) is 59.9 Å². The van der Waals surface area contributed by atoms with Gasteiger partial charge in [0.15, 0.2) is 0 Å². The lowest BCUT2D eigenvalue weighted by Gasteiger charge is -1.98. The number of carbonyl (C=O) groups is 1. The average Bonchev–Trinajstić information content (AvgIpc) is 2.96. The van der Waals surface area contributed by atoms with Crippen molar-refractivity contribution >= 4 is 22.4 Å². The van der Waals surface area contributed by atoms with Crippen LogP contribution in [0.5, 0.6) is 0 Å². The second-order valence-electron chi connectivity index (χ2n) is 4.50. The standard InChI is InChI=1S/C10H16N4O2S.C3H8.CH2F2/c1-4-5-6-16-9(15)8-12-14-10(17-8)13-11-7(2)3;1-3-2;2-1-3/h7H,4-6H2,1-3H3;3H2,1-2H3;1H2. The molecule has 1 aromatic rings. The quantitative estimate of drug-likeness (QED) is 0.396. The zero-order valence-electron chi connectivity index (χ0n) is 14.4. The lowest BCUT2D eigenvalue weighted by Crippen LogP contribution is -2.05. The van der Waals surface area contributed by atoms with E-state index in [4.69, 9.17) is 4.74 Å². The first kappa shape index (κ1) is 23.8. The van der Waals surface area contributed by atoms with Crippen LogP contribution < -0.4 is 0 Å². The van der Waals surface area contributed by atoms with Gasteiger partial charge in [-0.05, 0) is 20.3 Å². The number of hydrogen-bond acceptors (Lipinski definition) is 7. The van der Waals surface area contributed by atoms with Crippen molar-refractivity contribution in [3.05, 3.63) is 5.01 Å². The first-order valence-electron chi connectivity index (χ1n) is 7.49. The third-order valence-corrected chi connectivity index (χ3v) is 2.48. The minimum absolute atomic E-state index is 0.0962. The van der Waals surface area contributed by atoms with E-state index in [9.17, 15) is 13.6 Å². The van der Waals surface area contributed by atoms with Crippen LogP contribution in [-0.4, -0.2) is 35.7 Å². The van der Waals surface area contributed by atoms with Gasteiger partial charge in [0.05, 0.1) is 12.6 Å². The lowest BCUT2D eigenvalue weighted by atomic mass is 10.4. The maximum absolute atomic E-state index is 11.5. The number of ether oxygens (including phenoxy) is 1. The van der Waals surface area contributed by atoms with E-state index in [0.717, 1.165) is 24.2 Å². The molecule has 0 unspecified atom stereocenters. The number of unbranched alkanes of at least 4 members (excludes halogenated alkanes) is 1. The smallest absolute Gasteiger partial charge is 0.369 e. The second-order valence-corrected chi connectivity index (χ2v) is 5.45. The maximum Gasteiger partial charge on any atom is 0.369 e. The van der Waals surface area contributed by atoms with E-state index < -0.39 is 12.9 Å². The zero-order valence-corrected chi connectivity index (χ0v) is 15.2. The van der Waals surface area contributed by atoms with E-state index in [-0.39, 0.29) is 11.0 Å². The molecule has 0 fully saturated rings. The first-order valence-corrected chi connectivity index (χ1v) is 8.31. The number of alkyl halides is 2. The predicted molar refractivity (Wildman–Crippen MR) is 87.8 cm³/mol. The Morgan fingerprint density at radius 1 is 1.26 bits per heavy atom. The Hall–Kier alpha value is -1.51. The van der Waals surface area contributed by atoms with Gasteiger partial charge in [-0.25, -0.2) is 13.6 Å². The summed E-state index contributed by atoms with van der Waals surface area (Å²) >= 11 is 1.08. The van der Waals surface area contributed by atoms with Crippen molar-refractivity contribution in [1.82, 2.24) is 10.2 Å². The molecule has 0 spiro atoms. The van der Waals surface area contributed by atoms with Gasteiger partial charge in [-0.3, -0.25) is 0 Å². The van der Waals surface area contributed by atoms with Crippen LogP contribution in [-0.2, 0) is 4.74 Å². The van der Waals surface area contributed by atoms with Gasteiger partial charge in [0.25, 0.3) is 5.13 Å². The van der Waals surface area contributed by atoms with Gasteiger partial charge in [-0.2, -0.15) is 5.11 Å². The molecule has 0 aliphatic heterocycles. The second kappa shape index (κ2) is 16.9. The number of hydrogen-bond donors (Lipinski definition) is 0. The first-order chi connectivity index (χ1) is 11.0. The molecule has 134 valence electrons. The van der Waals surface area contributed by atoms with Crippen LogP contribution in [0.2, 0.25) is 0 Å². The fourth-order valence-electron chi connectivity index (χ4n) is 0.874. The third kappa shape index (κ3) is 15.2. The molecule has 23 heavy (non-hydrogen) atoms. The lowest BCUT2D eigenvalue weighted by molar-refractivity contribution is 0.0498. The van der Waals surface area contributed by atoms with E-state index in [1.165, 1.54) is 6.42 Å². The Morgan fingerprint density at radius 3 is 2.30 bits per heavy atom. The zero-order chi connectivity index (χ0) is 18.1. The van der Waals surface area contributed by atoms with E-state index in [2.05, 4.69) is 34.3 Å². The molecule has 0 atom stereocenters. The Balaban J connectivity index is 0. The van der Waals surface area contributed by atoms with Crippen molar-refractivity contribution in [3.8, 4) is 0 Å². The molecular weight excluding hydrogens is 326 g/mol. The summed E-state index contributed by atoms with van der Waals surface area (Å²) in [4.78, 5) is 11.5. The van der Waals surface area contributed by atoms with E-state index >= 15 is 0 Å². The summed E-state index contributed by atoms with van der Waals surface area (Å²) in [5.74, 6) is -0.443. The van der Waals surface area contributed by atoms with Gasteiger partial charge in [-0.15, -0.1) is 15.3 Å². The number of rotatable bonds is 6. The Labute approximate surface area is 140 Å². The number of azo groups is 1. The molecule has 1 rings (SSSR count). The minimum Gasteiger partial charge on any atom is -0.460 e. The summed E-state index contributed by atoms with van der Waals surface area (Å²) < 4.78 is 24.3. The van der Waals surface area contributed by atoms with Gasteiger partial charge in [0, 0.05) is 0 Å². The van der Waals surface area contributed by atoms with E-state index in [1.54, 1.807) is 0 Å². The third-order valence-electron chi connectivity index (χ3n) is 1.69. The average molecular weight is 352 g/mol. The van der Waals surface area contributed by atoms with Crippen LogP contribution in [0.25, 0.3) is 0 Å². The van der Waals surface area contributed by atoms with Crippen LogP contribution >= 0.6 is 11.3 Å². The molecule has 0 N–H and O–H groups in total. The topological polar surface area (TPSA) is 76.8 Å². The van der Waals surface area contributed by atoms with Gasteiger partial charge in [-0.1, -0.05) is 44.9 Å². The molecule has 1 heterocycles. The van der Waals surface area contributed by atoms with Crippen LogP contribution in [0.15, 0.2) is 10.2 Å². The van der Waals surface area contributed by atoms with Crippen LogP contribution in [0, 0.1) is 0 Å². The summed E-state index contributed by atoms with van der Waals surface area (Å²) in [6, 6.07) is 0.0962. The van der Waals surface area contributed by atoms with Crippen LogP contribution in [0.1, 0.15) is 63.7 Å². The van der Waals surface area contributed by atoms with Gasteiger partial charge in [0.2, 0.25) is 11.9 Å². The fraction of sp³-hybridized carbons (Fsp3) is 0.786. The molecule has 0 radical (unpaired) electrons. The van der Waals surface area contributed by atoms with Gasteiger partial charge >= 0.3 is 5.97 Å². The molecule has 0 aliphatic rings. The van der Waals surface area contributed by atoms with Crippen LogP contribution in [0.4, 0.5) is 13.9 Å². The summed E-state index contributed by atoms with van der Waals surface area (Å²) in [5, 5.41) is 15.8. The number of aromatic nitrogens is 2. The van der Waals surface area contributed by atoms with E-state index in [0.29, 0.717) is 11.7 Å². The molecule has 6 nitrogen and oxygen atoms in total. The molecule has 0 aliphatic carbocycles. The van der Waals surface area contributed by atoms with Crippen molar-refractivity contribution in [2.75, 3.05) is 13.5 Å². The molecule has 9 heteroatoms. The SMILES string of the molecule is CCC.CCCCOC(=O)c1nnc(N=NC(C)C)s1.FCF. The highest BCUT2D eigenvalue weighted by molar-refractivity contribution is 7.16. The molecule has 0 amide bonds. The fourth-order valence-corrected chi connectivity index (χ4v) is 1.44. The highest BCUT2D eigenvalue weighted by atomic mass is 32.1. The molecule has 1 aromatic heterocycles. The largest absolute Gasteiger partial charge is 0.460 e. The molecule has 0 saturated carbocycles. The number of esters is 1.